The van der Waals surface area contributed by atoms with E-state index in [-0.39, 0.29) is 24.1 Å². The van der Waals surface area contributed by atoms with E-state index < -0.39 is 11.4 Å². The summed E-state index contributed by atoms with van der Waals surface area (Å²) < 4.78 is 6.69. The third-order valence-electron chi connectivity index (χ3n) is 2.76. The zero-order valence-corrected chi connectivity index (χ0v) is 10.9. The number of carbonyl (C=O) groups is 1. The van der Waals surface area contributed by atoms with Gasteiger partial charge in [-0.05, 0) is 13.0 Å². The number of aromatic carboxylic acids is 1. The predicted octanol–water partition coefficient (Wildman–Crippen LogP) is 0.486. The summed E-state index contributed by atoms with van der Waals surface area (Å²) in [6, 6.07) is 3.00. The molecule has 2 N–H and O–H groups in total. The fourth-order valence-corrected chi connectivity index (χ4v) is 1.91. The second kappa shape index (κ2) is 5.70. The maximum Gasteiger partial charge on any atom is 0.341 e. The molecule has 0 bridgehead atoms. The van der Waals surface area contributed by atoms with Gasteiger partial charge in [0.1, 0.15) is 11.2 Å². The minimum Gasteiger partial charge on any atom is -0.478 e. The Morgan fingerprint density at radius 1 is 1.45 bits per heavy atom. The fraction of sp³-hybridized carbons (Fsp3) is 0.308. The Morgan fingerprint density at radius 3 is 2.80 bits per heavy atom. The Balaban J connectivity index is 2.75. The van der Waals surface area contributed by atoms with Crippen molar-refractivity contribution in [3.8, 4) is 5.88 Å². The van der Waals surface area contributed by atoms with Gasteiger partial charge in [0, 0.05) is 18.8 Å². The fourth-order valence-electron chi connectivity index (χ4n) is 1.91. The van der Waals surface area contributed by atoms with E-state index in [1.807, 2.05) is 0 Å². The van der Waals surface area contributed by atoms with Crippen LogP contribution in [0, 0.1) is 0 Å². The molecule has 2 rings (SSSR count). The van der Waals surface area contributed by atoms with Crippen LogP contribution in [0.1, 0.15) is 17.3 Å². The van der Waals surface area contributed by atoms with Crippen molar-refractivity contribution in [2.45, 2.75) is 13.5 Å². The molecule has 0 unspecified atom stereocenters. The molecular weight excluding hydrogens is 264 g/mol. The van der Waals surface area contributed by atoms with Crippen molar-refractivity contribution in [1.29, 1.82) is 0 Å². The SMILES string of the molecule is CCOc1ccc2c(=O)c(C(=O)O)cn(CCO)c2n1. The summed E-state index contributed by atoms with van der Waals surface area (Å²) in [7, 11) is 0. The van der Waals surface area contributed by atoms with Crippen LogP contribution >= 0.6 is 0 Å². The van der Waals surface area contributed by atoms with E-state index in [9.17, 15) is 9.59 Å². The molecule has 20 heavy (non-hydrogen) atoms. The normalized spacial score (nSPS) is 10.7. The number of hydrogen-bond donors (Lipinski definition) is 2. The van der Waals surface area contributed by atoms with Crippen molar-refractivity contribution in [3.05, 3.63) is 34.1 Å². The highest BCUT2D eigenvalue weighted by Crippen LogP contribution is 2.15. The van der Waals surface area contributed by atoms with Crippen LogP contribution in [0.4, 0.5) is 0 Å². The van der Waals surface area contributed by atoms with Crippen LogP contribution < -0.4 is 10.2 Å². The molecule has 0 aromatic carbocycles. The van der Waals surface area contributed by atoms with Gasteiger partial charge in [-0.1, -0.05) is 0 Å². The standard InChI is InChI=1S/C13H14N2O5/c1-2-20-10-4-3-8-11(17)9(13(18)19)7-15(5-6-16)12(8)14-10/h3-4,7,16H,2,5-6H2,1H3,(H,18,19). The smallest absolute Gasteiger partial charge is 0.341 e. The van der Waals surface area contributed by atoms with E-state index in [0.717, 1.165) is 0 Å². The van der Waals surface area contributed by atoms with Crippen molar-refractivity contribution < 1.29 is 19.7 Å². The number of carboxylic acids is 1. The Hall–Kier alpha value is -2.41. The van der Waals surface area contributed by atoms with Crippen LogP contribution in [0.3, 0.4) is 0 Å². The van der Waals surface area contributed by atoms with Gasteiger partial charge in [-0.2, -0.15) is 4.98 Å². The first-order valence-electron chi connectivity index (χ1n) is 6.09. The van der Waals surface area contributed by atoms with Crippen molar-refractivity contribution in [1.82, 2.24) is 9.55 Å². The highest BCUT2D eigenvalue weighted by Gasteiger charge is 2.15. The molecule has 0 fully saturated rings. The van der Waals surface area contributed by atoms with Gasteiger partial charge in [0.15, 0.2) is 0 Å². The first-order valence-corrected chi connectivity index (χ1v) is 6.09. The average molecular weight is 278 g/mol. The maximum absolute atomic E-state index is 12.1. The second-order valence-electron chi connectivity index (χ2n) is 4.05. The largest absolute Gasteiger partial charge is 0.478 e. The van der Waals surface area contributed by atoms with Gasteiger partial charge in [-0.25, -0.2) is 4.79 Å². The first kappa shape index (κ1) is 14.0. The molecule has 0 radical (unpaired) electrons. The van der Waals surface area contributed by atoms with E-state index in [4.69, 9.17) is 14.9 Å². The number of fused-ring (bicyclic) bond motifs is 1. The van der Waals surface area contributed by atoms with E-state index in [2.05, 4.69) is 4.98 Å². The van der Waals surface area contributed by atoms with Crippen LogP contribution in [0.2, 0.25) is 0 Å². The van der Waals surface area contributed by atoms with Crippen LogP contribution in [-0.2, 0) is 6.54 Å². The number of aliphatic hydroxyl groups is 1. The van der Waals surface area contributed by atoms with Gasteiger partial charge < -0.3 is 19.5 Å². The summed E-state index contributed by atoms with van der Waals surface area (Å²) in [5.74, 6) is -0.966. The number of aromatic nitrogens is 2. The van der Waals surface area contributed by atoms with Crippen molar-refractivity contribution in [3.63, 3.8) is 0 Å². The molecule has 7 heteroatoms. The Kier molecular flexibility index (Phi) is 3.99. The summed E-state index contributed by atoms with van der Waals surface area (Å²) in [4.78, 5) is 27.3. The molecular formula is C13H14N2O5. The highest BCUT2D eigenvalue weighted by atomic mass is 16.5. The van der Waals surface area contributed by atoms with Crippen LogP contribution in [0.15, 0.2) is 23.1 Å². The summed E-state index contributed by atoms with van der Waals surface area (Å²) in [5, 5.41) is 18.3. The van der Waals surface area contributed by atoms with Crippen molar-refractivity contribution in [2.75, 3.05) is 13.2 Å². The van der Waals surface area contributed by atoms with Crippen LogP contribution in [0.25, 0.3) is 11.0 Å². The first-order chi connectivity index (χ1) is 9.58. The molecule has 0 aliphatic heterocycles. The molecule has 0 aliphatic carbocycles. The molecule has 0 amide bonds. The molecule has 0 aliphatic rings. The Labute approximate surface area is 114 Å². The molecule has 2 aromatic rings. The summed E-state index contributed by atoms with van der Waals surface area (Å²) in [6.45, 7) is 2.17. The lowest BCUT2D eigenvalue weighted by Gasteiger charge is -2.11. The number of ether oxygens (including phenoxy) is 1. The molecule has 0 spiro atoms. The summed E-state index contributed by atoms with van der Waals surface area (Å²) in [6.07, 6.45) is 1.19. The topological polar surface area (TPSA) is 102 Å². The molecule has 7 nitrogen and oxygen atoms in total. The second-order valence-corrected chi connectivity index (χ2v) is 4.05. The minimum atomic E-state index is -1.31. The van der Waals surface area contributed by atoms with Crippen LogP contribution in [0.5, 0.6) is 5.88 Å². The molecule has 2 aromatic heterocycles. The zero-order chi connectivity index (χ0) is 14.7. The zero-order valence-electron chi connectivity index (χ0n) is 10.9. The maximum atomic E-state index is 12.1. The molecule has 0 saturated heterocycles. The number of aliphatic hydroxyl groups excluding tert-OH is 1. The lowest BCUT2D eigenvalue weighted by molar-refractivity contribution is 0.0694. The lowest BCUT2D eigenvalue weighted by Crippen LogP contribution is -2.20. The third kappa shape index (κ3) is 2.48. The van der Waals surface area contributed by atoms with Crippen LogP contribution in [-0.4, -0.2) is 38.9 Å². The highest BCUT2D eigenvalue weighted by molar-refractivity contribution is 5.91. The summed E-state index contributed by atoms with van der Waals surface area (Å²) >= 11 is 0. The van der Waals surface area contributed by atoms with E-state index in [1.165, 1.54) is 22.9 Å². The van der Waals surface area contributed by atoms with Gasteiger partial charge in [-0.15, -0.1) is 0 Å². The van der Waals surface area contributed by atoms with Gasteiger partial charge in [0.05, 0.1) is 18.6 Å². The number of rotatable bonds is 5. The van der Waals surface area contributed by atoms with E-state index in [1.54, 1.807) is 6.92 Å². The number of nitrogens with zero attached hydrogens (tertiary/aromatic N) is 2. The van der Waals surface area contributed by atoms with Gasteiger partial charge >= 0.3 is 5.97 Å². The van der Waals surface area contributed by atoms with E-state index in [0.29, 0.717) is 18.1 Å². The molecule has 106 valence electrons. The molecule has 0 saturated carbocycles. The molecule has 2 heterocycles. The Morgan fingerprint density at radius 2 is 2.20 bits per heavy atom. The van der Waals surface area contributed by atoms with Gasteiger partial charge in [0.25, 0.3) is 0 Å². The van der Waals surface area contributed by atoms with Gasteiger partial charge in [-0.3, -0.25) is 4.79 Å². The minimum absolute atomic E-state index is 0.139. The monoisotopic (exact) mass is 278 g/mol. The van der Waals surface area contributed by atoms with Gasteiger partial charge in [0.2, 0.25) is 11.3 Å². The predicted molar refractivity (Wildman–Crippen MR) is 71.2 cm³/mol. The lowest BCUT2D eigenvalue weighted by atomic mass is 10.2. The quantitative estimate of drug-likeness (QED) is 0.825. The number of hydrogen-bond acceptors (Lipinski definition) is 5. The number of carboxylic acid groups (broad SMARTS) is 1. The van der Waals surface area contributed by atoms with E-state index >= 15 is 0 Å². The molecule has 0 atom stereocenters. The average Bonchev–Trinajstić information content (AvgIpc) is 2.42. The Bertz CT molecular complexity index is 708. The third-order valence-corrected chi connectivity index (χ3v) is 2.76. The summed E-state index contributed by atoms with van der Waals surface area (Å²) in [5.41, 5.74) is -0.658. The van der Waals surface area contributed by atoms with Crippen molar-refractivity contribution >= 4 is 17.0 Å². The van der Waals surface area contributed by atoms with Crippen molar-refractivity contribution in [2.24, 2.45) is 0 Å². The number of pyridine rings is 2.